The molecule has 0 saturated heterocycles. The summed E-state index contributed by atoms with van der Waals surface area (Å²) in [5.74, 6) is 1.44. The van der Waals surface area contributed by atoms with Crippen LogP contribution in [0.1, 0.15) is 35.6 Å². The normalized spacial score (nSPS) is 12.9. The topological polar surface area (TPSA) is 83.1 Å². The Labute approximate surface area is 124 Å². The first kappa shape index (κ1) is 15.3. The SMILES string of the molecule is Cc1cc(C(C)NS(=O)(=O)c2ccc(C#N)cc2)c(C)o1. The molecule has 5 nitrogen and oxygen atoms in total. The van der Waals surface area contributed by atoms with Gasteiger partial charge in [-0.1, -0.05) is 0 Å². The minimum atomic E-state index is -3.64. The van der Waals surface area contributed by atoms with Gasteiger partial charge in [0.25, 0.3) is 0 Å². The van der Waals surface area contributed by atoms with E-state index >= 15 is 0 Å². The third kappa shape index (κ3) is 3.32. The van der Waals surface area contributed by atoms with Crippen LogP contribution in [0.15, 0.2) is 39.6 Å². The maximum absolute atomic E-state index is 12.3. The average Bonchev–Trinajstić information content (AvgIpc) is 2.77. The summed E-state index contributed by atoms with van der Waals surface area (Å²) in [6.07, 6.45) is 0. The number of hydrogen-bond donors (Lipinski definition) is 1. The lowest BCUT2D eigenvalue weighted by Crippen LogP contribution is -2.27. The van der Waals surface area contributed by atoms with Crippen LogP contribution in [0.5, 0.6) is 0 Å². The number of nitrogens with zero attached hydrogens (tertiary/aromatic N) is 1. The smallest absolute Gasteiger partial charge is 0.241 e. The van der Waals surface area contributed by atoms with E-state index in [9.17, 15) is 8.42 Å². The van der Waals surface area contributed by atoms with E-state index < -0.39 is 16.1 Å². The predicted octanol–water partition coefficient (Wildman–Crippen LogP) is 2.81. The van der Waals surface area contributed by atoms with Crippen molar-refractivity contribution in [3.8, 4) is 6.07 Å². The van der Waals surface area contributed by atoms with Gasteiger partial charge in [-0.25, -0.2) is 13.1 Å². The number of nitrogens with one attached hydrogen (secondary N) is 1. The molecule has 1 heterocycles. The molecular weight excluding hydrogens is 288 g/mol. The molecule has 0 amide bonds. The number of furan rings is 1. The summed E-state index contributed by atoms with van der Waals surface area (Å²) in [4.78, 5) is 0.131. The molecule has 1 unspecified atom stereocenters. The van der Waals surface area contributed by atoms with Gasteiger partial charge in [0.05, 0.1) is 16.5 Å². The van der Waals surface area contributed by atoms with E-state index in [-0.39, 0.29) is 4.90 Å². The highest BCUT2D eigenvalue weighted by molar-refractivity contribution is 7.89. The molecule has 0 bridgehead atoms. The second-order valence-electron chi connectivity index (χ2n) is 4.85. The number of benzene rings is 1. The van der Waals surface area contributed by atoms with Crippen molar-refractivity contribution in [2.24, 2.45) is 0 Å². The first-order valence-electron chi connectivity index (χ1n) is 6.43. The van der Waals surface area contributed by atoms with Crippen molar-refractivity contribution in [3.63, 3.8) is 0 Å². The largest absolute Gasteiger partial charge is 0.466 e. The zero-order chi connectivity index (χ0) is 15.6. The Kier molecular flexibility index (Phi) is 4.16. The quantitative estimate of drug-likeness (QED) is 0.941. The van der Waals surface area contributed by atoms with Crippen LogP contribution in [0.2, 0.25) is 0 Å². The molecule has 0 spiro atoms. The van der Waals surface area contributed by atoms with Crippen molar-refractivity contribution in [3.05, 3.63) is 53.0 Å². The van der Waals surface area contributed by atoms with Gasteiger partial charge < -0.3 is 4.42 Å². The Bertz CT molecular complexity index is 783. The molecule has 0 aliphatic heterocycles. The Hall–Kier alpha value is -2.10. The van der Waals surface area contributed by atoms with Crippen LogP contribution >= 0.6 is 0 Å². The van der Waals surface area contributed by atoms with Gasteiger partial charge in [0.1, 0.15) is 11.5 Å². The molecule has 110 valence electrons. The Morgan fingerprint density at radius 1 is 1.24 bits per heavy atom. The van der Waals surface area contributed by atoms with Crippen molar-refractivity contribution < 1.29 is 12.8 Å². The van der Waals surface area contributed by atoms with Crippen LogP contribution in [-0.4, -0.2) is 8.42 Å². The molecule has 0 saturated carbocycles. The lowest BCUT2D eigenvalue weighted by atomic mass is 10.1. The summed E-state index contributed by atoms with van der Waals surface area (Å²) in [6, 6.07) is 9.17. The fraction of sp³-hybridized carbons (Fsp3) is 0.267. The van der Waals surface area contributed by atoms with Gasteiger partial charge in [0.15, 0.2) is 0 Å². The summed E-state index contributed by atoms with van der Waals surface area (Å²) < 4.78 is 32.6. The number of rotatable bonds is 4. The van der Waals surface area contributed by atoms with Crippen molar-refractivity contribution in [2.45, 2.75) is 31.7 Å². The average molecular weight is 304 g/mol. The molecule has 1 aromatic carbocycles. The molecule has 2 aromatic rings. The van der Waals surface area contributed by atoms with Gasteiger partial charge in [0.2, 0.25) is 10.0 Å². The van der Waals surface area contributed by atoms with E-state index in [1.54, 1.807) is 13.8 Å². The van der Waals surface area contributed by atoms with E-state index in [0.717, 1.165) is 11.3 Å². The van der Waals surface area contributed by atoms with Crippen molar-refractivity contribution in [1.82, 2.24) is 4.72 Å². The fourth-order valence-electron chi connectivity index (χ4n) is 2.15. The molecule has 21 heavy (non-hydrogen) atoms. The van der Waals surface area contributed by atoms with Crippen LogP contribution in [0.3, 0.4) is 0 Å². The molecule has 0 aliphatic rings. The lowest BCUT2D eigenvalue weighted by molar-refractivity contribution is 0.496. The van der Waals surface area contributed by atoms with E-state index in [0.29, 0.717) is 11.3 Å². The molecule has 6 heteroatoms. The second-order valence-corrected chi connectivity index (χ2v) is 6.56. The van der Waals surface area contributed by atoms with Crippen LogP contribution in [0.25, 0.3) is 0 Å². The monoisotopic (exact) mass is 304 g/mol. The maximum Gasteiger partial charge on any atom is 0.241 e. The Morgan fingerprint density at radius 3 is 2.33 bits per heavy atom. The summed E-state index contributed by atoms with van der Waals surface area (Å²) >= 11 is 0. The first-order chi connectivity index (χ1) is 9.83. The zero-order valence-corrected chi connectivity index (χ0v) is 12.9. The molecular formula is C15H16N2O3S. The van der Waals surface area contributed by atoms with Gasteiger partial charge in [-0.05, 0) is 51.1 Å². The minimum absolute atomic E-state index is 0.131. The number of aryl methyl sites for hydroxylation is 2. The van der Waals surface area contributed by atoms with E-state index in [1.807, 2.05) is 19.1 Å². The molecule has 1 atom stereocenters. The lowest BCUT2D eigenvalue weighted by Gasteiger charge is -2.13. The molecule has 1 aromatic heterocycles. The maximum atomic E-state index is 12.3. The summed E-state index contributed by atoms with van der Waals surface area (Å²) in [7, 11) is -3.64. The molecule has 0 aliphatic carbocycles. The summed E-state index contributed by atoms with van der Waals surface area (Å²) in [5, 5.41) is 8.73. The molecule has 2 rings (SSSR count). The van der Waals surface area contributed by atoms with Crippen LogP contribution in [-0.2, 0) is 10.0 Å². The standard InChI is InChI=1S/C15H16N2O3S/c1-10-8-15(12(3)20-10)11(2)17-21(18,19)14-6-4-13(9-16)5-7-14/h4-8,11,17H,1-3H3. The van der Waals surface area contributed by atoms with Crippen molar-refractivity contribution in [2.75, 3.05) is 0 Å². The summed E-state index contributed by atoms with van der Waals surface area (Å²) in [5.41, 5.74) is 1.23. The minimum Gasteiger partial charge on any atom is -0.466 e. The second kappa shape index (κ2) is 5.72. The van der Waals surface area contributed by atoms with E-state index in [4.69, 9.17) is 9.68 Å². The van der Waals surface area contributed by atoms with Gasteiger partial charge in [0, 0.05) is 11.6 Å². The highest BCUT2D eigenvalue weighted by Crippen LogP contribution is 2.23. The van der Waals surface area contributed by atoms with E-state index in [1.165, 1.54) is 24.3 Å². The van der Waals surface area contributed by atoms with Gasteiger partial charge >= 0.3 is 0 Å². The number of hydrogen-bond acceptors (Lipinski definition) is 4. The third-order valence-electron chi connectivity index (χ3n) is 3.17. The van der Waals surface area contributed by atoms with E-state index in [2.05, 4.69) is 4.72 Å². The number of nitriles is 1. The van der Waals surface area contributed by atoms with Crippen LogP contribution in [0, 0.1) is 25.2 Å². The van der Waals surface area contributed by atoms with Crippen molar-refractivity contribution in [1.29, 1.82) is 5.26 Å². The van der Waals surface area contributed by atoms with Gasteiger partial charge in [-0.3, -0.25) is 0 Å². The Morgan fingerprint density at radius 2 is 1.86 bits per heavy atom. The van der Waals surface area contributed by atoms with Crippen LogP contribution in [0.4, 0.5) is 0 Å². The number of sulfonamides is 1. The third-order valence-corrected chi connectivity index (χ3v) is 4.73. The first-order valence-corrected chi connectivity index (χ1v) is 7.91. The fourth-order valence-corrected chi connectivity index (χ4v) is 3.38. The van der Waals surface area contributed by atoms with Crippen molar-refractivity contribution >= 4 is 10.0 Å². The highest BCUT2D eigenvalue weighted by atomic mass is 32.2. The highest BCUT2D eigenvalue weighted by Gasteiger charge is 2.21. The Balaban J connectivity index is 2.24. The van der Waals surface area contributed by atoms with Gasteiger partial charge in [-0.15, -0.1) is 0 Å². The van der Waals surface area contributed by atoms with Crippen LogP contribution < -0.4 is 4.72 Å². The van der Waals surface area contributed by atoms with Gasteiger partial charge in [-0.2, -0.15) is 5.26 Å². The predicted molar refractivity (Wildman–Crippen MR) is 78.1 cm³/mol. The summed E-state index contributed by atoms with van der Waals surface area (Å²) in [6.45, 7) is 5.38. The molecule has 1 N–H and O–H groups in total. The zero-order valence-electron chi connectivity index (χ0n) is 12.0. The molecule has 0 fully saturated rings. The molecule has 0 radical (unpaired) electrons.